The topological polar surface area (TPSA) is 328 Å². The van der Waals surface area contributed by atoms with E-state index in [1.165, 1.54) is 36.4 Å². The molecule has 0 unspecified atom stereocenters. The van der Waals surface area contributed by atoms with E-state index in [0.29, 0.717) is 78.3 Å². The number of halogens is 5. The minimum Gasteiger partial charge on any atom is -0.505 e. The van der Waals surface area contributed by atoms with Crippen molar-refractivity contribution in [1.82, 2.24) is 45.7 Å². The van der Waals surface area contributed by atoms with E-state index in [9.17, 15) is 33.0 Å². The molecule has 0 bridgehead atoms. The summed E-state index contributed by atoms with van der Waals surface area (Å²) in [6.45, 7) is 14.6. The minimum atomic E-state index is -1.84. The number of hydrogen-bond acceptors (Lipinski definition) is 19. The van der Waals surface area contributed by atoms with Crippen molar-refractivity contribution in [2.45, 2.75) is 72.0 Å². The molecule has 9 rings (SSSR count). The second kappa shape index (κ2) is 28.5. The number of anilines is 3. The molecule has 436 valence electrons. The molecule has 0 saturated carbocycles. The summed E-state index contributed by atoms with van der Waals surface area (Å²) in [6.07, 6.45) is 7.27. The quantitative estimate of drug-likeness (QED) is 0.0715. The number of benzene rings is 3. The maximum Gasteiger partial charge on any atom is 0.492 e. The van der Waals surface area contributed by atoms with Gasteiger partial charge in [-0.25, -0.2) is 22.8 Å². The highest BCUT2D eigenvalue weighted by molar-refractivity contribution is 6.59. The fourth-order valence-corrected chi connectivity index (χ4v) is 8.23. The van der Waals surface area contributed by atoms with Crippen LogP contribution in [0, 0.1) is 17.5 Å². The summed E-state index contributed by atoms with van der Waals surface area (Å²) in [5.41, 5.74) is 22.9. The molecule has 0 spiro atoms. The monoisotopic (exact) mass is 1170 g/mol. The van der Waals surface area contributed by atoms with Crippen LogP contribution >= 0.6 is 24.0 Å². The van der Waals surface area contributed by atoms with Crippen molar-refractivity contribution in [3.63, 3.8) is 0 Å². The Balaban J connectivity index is 0.000000208. The number of phenolic OH excluding ortho intramolecular Hbond substituents is 3. The molecular formula is C55H64BCl2F3N12O9. The Kier molecular flexibility index (Phi) is 22.4. The van der Waals surface area contributed by atoms with E-state index < -0.39 is 53.0 Å². The van der Waals surface area contributed by atoms with Crippen molar-refractivity contribution in [3.05, 3.63) is 130 Å². The number of nitrogens with one attached hydrogen (secondary N) is 1. The van der Waals surface area contributed by atoms with Crippen LogP contribution in [0.2, 0.25) is 5.15 Å². The van der Waals surface area contributed by atoms with Crippen molar-refractivity contribution >= 4 is 82.9 Å². The number of rotatable bonds is 6. The number of hydrogen-bond donors (Lipinski definition) is 9. The molecule has 0 radical (unpaired) electrons. The number of nitrogens with two attached hydrogens (primary N) is 3. The van der Waals surface area contributed by atoms with Gasteiger partial charge in [0.25, 0.3) is 0 Å². The van der Waals surface area contributed by atoms with Crippen LogP contribution in [-0.2, 0) is 9.47 Å². The van der Waals surface area contributed by atoms with E-state index in [-0.39, 0.29) is 41.4 Å². The average molecular weight is 1180 g/mol. The summed E-state index contributed by atoms with van der Waals surface area (Å²) in [7, 11) is -1.84. The highest BCUT2D eigenvalue weighted by Gasteiger charge is 2.27. The van der Waals surface area contributed by atoms with E-state index >= 15 is 0 Å². The summed E-state index contributed by atoms with van der Waals surface area (Å²) in [5.74, 6) is -3.01. The van der Waals surface area contributed by atoms with E-state index in [4.69, 9.17) is 53.4 Å². The molecule has 3 aromatic carbocycles. The van der Waals surface area contributed by atoms with Crippen LogP contribution < -0.4 is 28.0 Å². The van der Waals surface area contributed by atoms with Gasteiger partial charge in [0.2, 0.25) is 0 Å². The van der Waals surface area contributed by atoms with E-state index in [1.54, 1.807) is 40.1 Å². The zero-order valence-electron chi connectivity index (χ0n) is 45.7. The lowest BCUT2D eigenvalue weighted by Crippen LogP contribution is -2.39. The Hall–Kier alpha value is -8.23. The number of phenols is 3. The molecule has 82 heavy (non-hydrogen) atoms. The first kappa shape index (κ1) is 64.6. The number of aromatic nitrogens is 6. The van der Waals surface area contributed by atoms with Crippen LogP contribution in [0.15, 0.2) is 91.0 Å². The Morgan fingerprint density at radius 3 is 1.37 bits per heavy atom. The molecule has 3 aromatic heterocycles. The minimum absolute atomic E-state index is 0. The van der Waals surface area contributed by atoms with Crippen molar-refractivity contribution in [1.29, 1.82) is 0 Å². The van der Waals surface area contributed by atoms with Gasteiger partial charge in [0.15, 0.2) is 57.3 Å². The first-order chi connectivity index (χ1) is 38.2. The van der Waals surface area contributed by atoms with Gasteiger partial charge in [-0.05, 0) is 133 Å². The number of nitrogens with zero attached hydrogens (tertiary/aromatic N) is 8. The standard InChI is InChI=1S/C20H23FN4O3.C15H15FN4O.C14H19ClN4O2.C6H6BFO3.ClH/c1-20(2,3)28-19(27)25-9-7-12(8-10-25)14-11-16(23-24-18(14)22)13-5-4-6-15(21)17(13)26;16-12-3-1-2-10(14(12)21)13-8-11(15(17)20-19-13)9-4-6-18-7-5-9;1-14(2,3)21-13(20)19-6-4-9(5-7-19)10-8-11(15)17-18-12(10)16;8-5-3-1-2-4(6(5)9)7(10)11;/h4-7,11,26H,8-10H2,1-3H3,(H2,22,24);1-4,8,18,21H,5-7H2,(H2,17,20);4,8H,5-7H2,1-3H3,(H2,16,18);1-3,9-11H;1H. The number of amides is 2. The third-order valence-electron chi connectivity index (χ3n) is 12.1. The van der Waals surface area contributed by atoms with Crippen LogP contribution in [0.25, 0.3) is 39.2 Å². The van der Waals surface area contributed by atoms with Crippen molar-refractivity contribution < 1.29 is 57.6 Å². The molecule has 27 heteroatoms. The summed E-state index contributed by atoms with van der Waals surface area (Å²) < 4.78 is 50.3. The molecule has 3 aliphatic heterocycles. The van der Waals surface area contributed by atoms with Gasteiger partial charge in [0.1, 0.15) is 11.2 Å². The van der Waals surface area contributed by atoms with Gasteiger partial charge in [0.05, 0.1) is 11.4 Å². The third-order valence-corrected chi connectivity index (χ3v) is 12.3. The molecule has 0 atom stereocenters. The smallest absolute Gasteiger partial charge is 0.492 e. The fourth-order valence-electron chi connectivity index (χ4n) is 8.08. The van der Waals surface area contributed by atoms with Crippen molar-refractivity contribution in [2.75, 3.05) is 56.5 Å². The van der Waals surface area contributed by atoms with Crippen LogP contribution in [0.3, 0.4) is 0 Å². The number of aromatic hydroxyl groups is 3. The number of carbonyl (C=O) groups excluding carboxylic acids is 2. The zero-order valence-corrected chi connectivity index (χ0v) is 47.3. The number of ether oxygens (including phenoxy) is 2. The number of nitrogen functional groups attached to an aromatic ring is 3. The Bertz CT molecular complexity index is 3350. The van der Waals surface area contributed by atoms with Gasteiger partial charge in [0, 0.05) is 66.0 Å². The lowest BCUT2D eigenvalue weighted by atomic mass is 9.79. The molecular weight excluding hydrogens is 1110 g/mol. The third kappa shape index (κ3) is 17.6. The maximum absolute atomic E-state index is 13.7. The highest BCUT2D eigenvalue weighted by atomic mass is 35.5. The first-order valence-corrected chi connectivity index (χ1v) is 25.7. The Morgan fingerprint density at radius 2 is 0.988 bits per heavy atom. The lowest BCUT2D eigenvalue weighted by molar-refractivity contribution is 0.0260. The van der Waals surface area contributed by atoms with E-state index in [2.05, 4.69) is 35.9 Å². The summed E-state index contributed by atoms with van der Waals surface area (Å²) in [4.78, 5) is 27.4. The summed E-state index contributed by atoms with van der Waals surface area (Å²) in [6, 6.07) is 17.2. The maximum atomic E-state index is 13.7. The van der Waals surface area contributed by atoms with E-state index in [1.807, 2.05) is 59.8 Å². The van der Waals surface area contributed by atoms with Gasteiger partial charge < -0.3 is 67.2 Å². The number of para-hydroxylation sites is 3. The number of carbonyl (C=O) groups is 2. The highest BCUT2D eigenvalue weighted by Crippen LogP contribution is 2.36. The molecule has 0 aliphatic carbocycles. The second-order valence-electron chi connectivity index (χ2n) is 20.3. The SMILES string of the molecule is CC(C)(C)OC(=O)N1CC=C(c2cc(-c3cccc(F)c3O)nnc2N)CC1.CC(C)(C)OC(=O)N1CC=C(c2cc(Cl)nnc2N)CC1.Cl.Nc1nnc(-c2cccc(F)c2O)cc1C1=CCNCC1.OB(O)c1cccc(F)c1O. The molecule has 6 heterocycles. The van der Waals surface area contributed by atoms with Gasteiger partial charge in [-0.15, -0.1) is 43.0 Å². The fraction of sp³-hybridized carbons (Fsp3) is 0.309. The molecule has 0 saturated heterocycles. The van der Waals surface area contributed by atoms with Gasteiger partial charge in [-0.1, -0.05) is 54.1 Å². The predicted octanol–water partition coefficient (Wildman–Crippen LogP) is 7.91. The van der Waals surface area contributed by atoms with Crippen LogP contribution in [0.4, 0.5) is 40.2 Å². The van der Waals surface area contributed by atoms with Gasteiger partial charge >= 0.3 is 19.3 Å². The molecule has 2 amide bonds. The summed E-state index contributed by atoms with van der Waals surface area (Å²) >= 11 is 5.85. The molecule has 21 nitrogen and oxygen atoms in total. The van der Waals surface area contributed by atoms with Crippen molar-refractivity contribution in [3.8, 4) is 39.8 Å². The first-order valence-electron chi connectivity index (χ1n) is 25.3. The molecule has 3 aliphatic rings. The largest absolute Gasteiger partial charge is 0.505 e. The predicted molar refractivity (Wildman–Crippen MR) is 310 cm³/mol. The molecule has 6 aromatic rings. The van der Waals surface area contributed by atoms with Gasteiger partial charge in [-0.2, -0.15) is 0 Å². The average Bonchev–Trinajstić information content (AvgIpc) is 3.59. The molecule has 0 fully saturated rings. The summed E-state index contributed by atoms with van der Waals surface area (Å²) in [5, 5.41) is 72.6. The Labute approximate surface area is 482 Å². The van der Waals surface area contributed by atoms with Crippen LogP contribution in [-0.4, -0.2) is 136 Å². The van der Waals surface area contributed by atoms with Gasteiger partial charge in [-0.3, -0.25) is 0 Å². The normalized spacial score (nSPS) is 14.1. The van der Waals surface area contributed by atoms with E-state index in [0.717, 1.165) is 53.4 Å². The molecule has 12 N–H and O–H groups in total. The van der Waals surface area contributed by atoms with Crippen molar-refractivity contribution in [2.24, 2.45) is 0 Å². The van der Waals surface area contributed by atoms with Crippen LogP contribution in [0.1, 0.15) is 77.5 Å². The second-order valence-corrected chi connectivity index (χ2v) is 20.7. The lowest BCUT2D eigenvalue weighted by Gasteiger charge is -2.29. The van der Waals surface area contributed by atoms with Crippen LogP contribution in [0.5, 0.6) is 17.2 Å². The zero-order chi connectivity index (χ0) is 59.3. The Morgan fingerprint density at radius 1 is 0.585 bits per heavy atom.